The molecule has 0 aromatic rings. The average molecular weight is 335 g/mol. The Morgan fingerprint density at radius 3 is 1.68 bits per heavy atom. The van der Waals surface area contributed by atoms with E-state index in [0.29, 0.717) is 6.61 Å². The number of halogens is 1. The van der Waals surface area contributed by atoms with E-state index in [9.17, 15) is 9.59 Å². The Morgan fingerprint density at radius 1 is 0.727 bits per heavy atom. The molecule has 5 heteroatoms. The summed E-state index contributed by atoms with van der Waals surface area (Å²) < 4.78 is 9.59. The fourth-order valence-corrected chi connectivity index (χ4v) is 2.31. The van der Waals surface area contributed by atoms with Crippen molar-refractivity contribution in [2.45, 2.75) is 84.0 Å². The van der Waals surface area contributed by atoms with Gasteiger partial charge < -0.3 is 9.47 Å². The number of hydrogen-bond donors (Lipinski definition) is 0. The summed E-state index contributed by atoms with van der Waals surface area (Å²) in [5.41, 5.74) is 0. The highest BCUT2D eigenvalue weighted by Gasteiger charge is 2.08. The van der Waals surface area contributed by atoms with E-state index in [-0.39, 0.29) is 24.9 Å². The van der Waals surface area contributed by atoms with Gasteiger partial charge in [-0.3, -0.25) is 9.59 Å². The molecule has 0 spiro atoms. The van der Waals surface area contributed by atoms with E-state index in [2.05, 4.69) is 11.7 Å². The van der Waals surface area contributed by atoms with Crippen LogP contribution in [0.5, 0.6) is 0 Å². The van der Waals surface area contributed by atoms with Crippen molar-refractivity contribution in [1.29, 1.82) is 0 Å². The quantitative estimate of drug-likeness (QED) is 0.241. The maximum absolute atomic E-state index is 11.3. The van der Waals surface area contributed by atoms with Crippen LogP contribution in [-0.4, -0.2) is 24.6 Å². The van der Waals surface area contributed by atoms with Crippen molar-refractivity contribution in [3.8, 4) is 0 Å². The molecule has 0 rings (SSSR count). The van der Waals surface area contributed by atoms with Crippen LogP contribution in [0.15, 0.2) is 0 Å². The minimum absolute atomic E-state index is 0.0313. The Balaban J connectivity index is 3.22. The average Bonchev–Trinajstić information content (AvgIpc) is 2.51. The van der Waals surface area contributed by atoms with Gasteiger partial charge in [0.15, 0.2) is 6.07 Å². The molecule has 0 aliphatic rings. The molecule has 0 saturated heterocycles. The second-order valence-electron chi connectivity index (χ2n) is 5.53. The summed E-state index contributed by atoms with van der Waals surface area (Å²) in [7, 11) is 0. The second kappa shape index (κ2) is 16.6. The van der Waals surface area contributed by atoms with Crippen LogP contribution < -0.4 is 0 Å². The van der Waals surface area contributed by atoms with E-state index >= 15 is 0 Å². The van der Waals surface area contributed by atoms with Gasteiger partial charge in [0.2, 0.25) is 0 Å². The molecule has 130 valence electrons. The van der Waals surface area contributed by atoms with E-state index in [4.69, 9.17) is 16.3 Å². The lowest BCUT2D eigenvalue weighted by molar-refractivity contribution is -0.149. The summed E-state index contributed by atoms with van der Waals surface area (Å²) >= 11 is 5.24. The fourth-order valence-electron chi connectivity index (χ4n) is 2.18. The number of alkyl halides is 1. The van der Waals surface area contributed by atoms with Gasteiger partial charge in [-0.1, -0.05) is 76.3 Å². The topological polar surface area (TPSA) is 52.6 Å². The van der Waals surface area contributed by atoms with Crippen LogP contribution in [0, 0.1) is 0 Å². The number of carbonyl (C=O) groups is 2. The van der Waals surface area contributed by atoms with Crippen LogP contribution in [0.1, 0.15) is 84.0 Å². The smallest absolute Gasteiger partial charge is 0.307 e. The lowest BCUT2D eigenvalue weighted by atomic mass is 10.1. The molecule has 0 bridgehead atoms. The molecule has 0 heterocycles. The van der Waals surface area contributed by atoms with E-state index < -0.39 is 5.97 Å². The third-order valence-electron chi connectivity index (χ3n) is 3.51. The molecule has 0 atom stereocenters. The lowest BCUT2D eigenvalue weighted by Crippen LogP contribution is -2.10. The van der Waals surface area contributed by atoms with Crippen molar-refractivity contribution in [2.24, 2.45) is 0 Å². The van der Waals surface area contributed by atoms with Crippen molar-refractivity contribution in [1.82, 2.24) is 0 Å². The monoisotopic (exact) mass is 334 g/mol. The van der Waals surface area contributed by atoms with Crippen LogP contribution >= 0.6 is 11.6 Å². The van der Waals surface area contributed by atoms with Gasteiger partial charge in [-0.05, 0) is 6.42 Å². The summed E-state index contributed by atoms with van der Waals surface area (Å²) in [6.07, 6.45) is 12.6. The first-order valence-corrected chi connectivity index (χ1v) is 9.11. The zero-order chi connectivity index (χ0) is 16.5. The first kappa shape index (κ1) is 21.2. The van der Waals surface area contributed by atoms with Crippen LogP contribution in [0.3, 0.4) is 0 Å². The van der Waals surface area contributed by atoms with Gasteiger partial charge in [0, 0.05) is 0 Å². The van der Waals surface area contributed by atoms with Gasteiger partial charge >= 0.3 is 11.9 Å². The molecule has 4 nitrogen and oxygen atoms in total. The van der Waals surface area contributed by atoms with Gasteiger partial charge in [0.05, 0.1) is 19.4 Å². The third kappa shape index (κ3) is 15.6. The predicted molar refractivity (Wildman–Crippen MR) is 88.8 cm³/mol. The van der Waals surface area contributed by atoms with Gasteiger partial charge in [-0.25, -0.2) is 0 Å². The Morgan fingerprint density at radius 2 is 1.18 bits per heavy atom. The van der Waals surface area contributed by atoms with E-state index in [1.54, 1.807) is 0 Å². The van der Waals surface area contributed by atoms with E-state index in [1.807, 2.05) is 0 Å². The molecule has 0 aromatic carbocycles. The number of ether oxygens (including phenoxy) is 2. The molecule has 0 saturated carbocycles. The summed E-state index contributed by atoms with van der Waals surface area (Å²) in [5.74, 6) is -0.812. The molecular formula is C17H31ClO4. The standard InChI is InChI=1S/C17H31ClO4/c1-2-3-4-5-6-7-8-9-10-11-14-21-16(19)12-13-17(20)22-15-18/h2-15H2,1H3. The number of esters is 2. The zero-order valence-corrected chi connectivity index (χ0v) is 14.7. The van der Waals surface area contributed by atoms with Crippen molar-refractivity contribution in [2.75, 3.05) is 12.7 Å². The first-order chi connectivity index (χ1) is 10.7. The lowest BCUT2D eigenvalue weighted by Gasteiger charge is -2.05. The molecule has 0 radical (unpaired) electrons. The molecule has 0 aliphatic carbocycles. The summed E-state index contributed by atoms with van der Waals surface area (Å²) in [6, 6.07) is -0.174. The van der Waals surface area contributed by atoms with Crippen molar-refractivity contribution >= 4 is 23.5 Å². The van der Waals surface area contributed by atoms with Gasteiger partial charge in [-0.15, -0.1) is 0 Å². The molecule has 0 aliphatic heterocycles. The van der Waals surface area contributed by atoms with Crippen LogP contribution in [0.25, 0.3) is 0 Å². The number of unbranched alkanes of at least 4 members (excludes halogenated alkanes) is 9. The number of carbonyl (C=O) groups excluding carboxylic acids is 2. The highest BCUT2D eigenvalue weighted by molar-refractivity contribution is 6.17. The van der Waals surface area contributed by atoms with E-state index in [1.165, 1.54) is 51.4 Å². The van der Waals surface area contributed by atoms with Gasteiger partial charge in [0.1, 0.15) is 0 Å². The van der Waals surface area contributed by atoms with E-state index in [0.717, 1.165) is 12.8 Å². The minimum atomic E-state index is -0.467. The Labute approximate surface area is 139 Å². The normalized spacial score (nSPS) is 10.5. The molecule has 0 aromatic heterocycles. The number of hydrogen-bond acceptors (Lipinski definition) is 4. The minimum Gasteiger partial charge on any atom is -0.466 e. The molecule has 0 N–H and O–H groups in total. The van der Waals surface area contributed by atoms with Gasteiger partial charge in [-0.2, -0.15) is 0 Å². The van der Waals surface area contributed by atoms with Gasteiger partial charge in [0.25, 0.3) is 0 Å². The molecule has 0 unspecified atom stereocenters. The summed E-state index contributed by atoms with van der Waals surface area (Å²) in [4.78, 5) is 22.3. The zero-order valence-electron chi connectivity index (χ0n) is 13.9. The predicted octanol–water partition coefficient (Wildman–Crippen LogP) is 4.97. The molecule has 0 amide bonds. The van der Waals surface area contributed by atoms with Crippen molar-refractivity contribution in [3.05, 3.63) is 0 Å². The molecule has 0 fully saturated rings. The molecule has 22 heavy (non-hydrogen) atoms. The Hall–Kier alpha value is -0.770. The second-order valence-corrected chi connectivity index (χ2v) is 5.75. The Bertz CT molecular complexity index is 282. The van der Waals surface area contributed by atoms with Crippen molar-refractivity contribution in [3.63, 3.8) is 0 Å². The van der Waals surface area contributed by atoms with Crippen LogP contribution in [0.2, 0.25) is 0 Å². The first-order valence-electron chi connectivity index (χ1n) is 8.58. The fraction of sp³-hybridized carbons (Fsp3) is 0.882. The highest BCUT2D eigenvalue weighted by Crippen LogP contribution is 2.10. The summed E-state index contributed by atoms with van der Waals surface area (Å²) in [6.45, 7) is 2.68. The SMILES string of the molecule is CCCCCCCCCCCCOC(=O)CCC(=O)OCCl. The van der Waals surface area contributed by atoms with Crippen LogP contribution in [0.4, 0.5) is 0 Å². The Kier molecular flexibility index (Phi) is 16.0. The van der Waals surface area contributed by atoms with Crippen LogP contribution in [-0.2, 0) is 19.1 Å². The summed E-state index contributed by atoms with van der Waals surface area (Å²) in [5, 5.41) is 0. The highest BCUT2D eigenvalue weighted by atomic mass is 35.5. The maximum Gasteiger partial charge on any atom is 0.307 e. The largest absolute Gasteiger partial charge is 0.466 e. The molecular weight excluding hydrogens is 304 g/mol. The number of rotatable bonds is 15. The maximum atomic E-state index is 11.3. The third-order valence-corrected chi connectivity index (χ3v) is 3.62. The van der Waals surface area contributed by atoms with Crippen molar-refractivity contribution < 1.29 is 19.1 Å².